The number of carbonyl (C=O) groups is 2. The third-order valence-corrected chi connectivity index (χ3v) is 4.69. The Hall–Kier alpha value is -2.93. The molecule has 0 saturated carbocycles. The molecule has 2 rings (SSSR count). The van der Waals surface area contributed by atoms with Crippen molar-refractivity contribution in [1.29, 1.82) is 0 Å². The van der Waals surface area contributed by atoms with Crippen LogP contribution in [-0.4, -0.2) is 48.6 Å². The number of unbranched alkanes of at least 4 members (excludes halogenated alkanes) is 1. The van der Waals surface area contributed by atoms with Gasteiger partial charge >= 0.3 is 0 Å². The molecular weight excluding hydrogens is 368 g/mol. The number of benzene rings is 1. The van der Waals surface area contributed by atoms with Crippen molar-refractivity contribution in [3.05, 3.63) is 60.1 Å². The first kappa shape index (κ1) is 22.4. The number of rotatable bonds is 12. The van der Waals surface area contributed by atoms with Crippen molar-refractivity contribution < 1.29 is 14.0 Å². The summed E-state index contributed by atoms with van der Waals surface area (Å²) in [6, 6.07) is 12.4. The third kappa shape index (κ3) is 7.54. The second-order valence-electron chi connectivity index (χ2n) is 6.60. The summed E-state index contributed by atoms with van der Waals surface area (Å²) in [7, 11) is 0. The molecule has 0 spiro atoms. The number of nitrogens with one attached hydrogen (secondary N) is 2. The van der Waals surface area contributed by atoms with E-state index in [1.54, 1.807) is 30.5 Å². The fourth-order valence-corrected chi connectivity index (χ4v) is 3.10. The molecule has 0 aliphatic heterocycles. The van der Waals surface area contributed by atoms with Crippen molar-refractivity contribution in [2.24, 2.45) is 5.10 Å². The zero-order valence-corrected chi connectivity index (χ0v) is 17.1. The van der Waals surface area contributed by atoms with Crippen LogP contribution in [0.25, 0.3) is 0 Å². The van der Waals surface area contributed by atoms with Gasteiger partial charge in [0.15, 0.2) is 0 Å². The van der Waals surface area contributed by atoms with Crippen LogP contribution in [0.2, 0.25) is 0 Å². The van der Waals surface area contributed by atoms with Crippen LogP contribution < -0.4 is 10.7 Å². The average molecular weight is 399 g/mol. The summed E-state index contributed by atoms with van der Waals surface area (Å²) < 4.78 is 5.16. The fourth-order valence-electron chi connectivity index (χ4n) is 3.10. The van der Waals surface area contributed by atoms with Gasteiger partial charge in [-0.15, -0.1) is 0 Å². The van der Waals surface area contributed by atoms with Gasteiger partial charge in [0.25, 0.3) is 11.8 Å². The van der Waals surface area contributed by atoms with Crippen LogP contribution in [-0.2, 0) is 4.79 Å². The van der Waals surface area contributed by atoms with Crippen LogP contribution in [0.15, 0.2) is 58.2 Å². The maximum atomic E-state index is 12.6. The van der Waals surface area contributed by atoms with Crippen LogP contribution in [0.4, 0.5) is 0 Å². The lowest BCUT2D eigenvalue weighted by molar-refractivity contribution is -0.126. The summed E-state index contributed by atoms with van der Waals surface area (Å²) in [5.74, 6) is 0.375. The minimum absolute atomic E-state index is 0.0732. The van der Waals surface area contributed by atoms with Crippen molar-refractivity contribution in [2.45, 2.75) is 39.2 Å². The highest BCUT2D eigenvalue weighted by Gasteiger charge is 2.23. The summed E-state index contributed by atoms with van der Waals surface area (Å²) in [6.07, 6.45) is 5.37. The van der Waals surface area contributed by atoms with E-state index in [2.05, 4.69) is 20.7 Å². The smallest absolute Gasteiger partial charge is 0.257 e. The minimum atomic E-state index is -0.261. The molecule has 1 unspecified atom stereocenters. The minimum Gasteiger partial charge on any atom is -0.463 e. The summed E-state index contributed by atoms with van der Waals surface area (Å²) >= 11 is 0. The van der Waals surface area contributed by atoms with Gasteiger partial charge in [0.2, 0.25) is 0 Å². The molecule has 29 heavy (non-hydrogen) atoms. The van der Waals surface area contributed by atoms with Gasteiger partial charge in [-0.3, -0.25) is 14.5 Å². The molecule has 1 atom stereocenters. The molecule has 0 fully saturated rings. The number of carbonyl (C=O) groups excluding carboxylic acids is 2. The van der Waals surface area contributed by atoms with Gasteiger partial charge in [-0.05, 0) is 56.6 Å². The van der Waals surface area contributed by atoms with Gasteiger partial charge in [0.05, 0.1) is 18.5 Å². The number of hydrazone groups is 1. The van der Waals surface area contributed by atoms with E-state index in [1.165, 1.54) is 6.21 Å². The second kappa shape index (κ2) is 12.5. The molecule has 0 radical (unpaired) electrons. The van der Waals surface area contributed by atoms with E-state index in [9.17, 15) is 9.59 Å². The van der Waals surface area contributed by atoms with Crippen LogP contribution in [0, 0.1) is 0 Å². The number of nitrogens with zero attached hydrogens (tertiary/aromatic N) is 2. The van der Waals surface area contributed by atoms with Gasteiger partial charge < -0.3 is 9.73 Å². The number of likely N-dealkylation sites (N-methyl/N-ethyl adjacent to an activating group) is 1. The number of amides is 2. The highest BCUT2D eigenvalue weighted by molar-refractivity contribution is 5.94. The fraction of sp³-hybridized carbons (Fsp3) is 0.409. The van der Waals surface area contributed by atoms with E-state index >= 15 is 0 Å². The van der Waals surface area contributed by atoms with Gasteiger partial charge in [0, 0.05) is 12.1 Å². The van der Waals surface area contributed by atoms with Crippen molar-refractivity contribution in [3.8, 4) is 0 Å². The maximum absolute atomic E-state index is 12.6. The Labute approximate surface area is 172 Å². The van der Waals surface area contributed by atoms with Crippen molar-refractivity contribution in [1.82, 2.24) is 15.6 Å². The van der Waals surface area contributed by atoms with E-state index in [1.807, 2.05) is 32.0 Å². The third-order valence-electron chi connectivity index (χ3n) is 4.69. The lowest BCUT2D eigenvalue weighted by Gasteiger charge is -2.27. The molecule has 2 N–H and O–H groups in total. The first-order valence-electron chi connectivity index (χ1n) is 10.1. The van der Waals surface area contributed by atoms with E-state index in [0.717, 1.165) is 25.9 Å². The normalized spacial score (nSPS) is 12.2. The molecule has 0 saturated heterocycles. The molecule has 1 aromatic carbocycles. The Kier molecular flexibility index (Phi) is 9.65. The van der Waals surface area contributed by atoms with Crippen molar-refractivity contribution in [3.63, 3.8) is 0 Å². The van der Waals surface area contributed by atoms with E-state index < -0.39 is 0 Å². The van der Waals surface area contributed by atoms with E-state index in [-0.39, 0.29) is 17.9 Å². The summed E-state index contributed by atoms with van der Waals surface area (Å²) in [4.78, 5) is 26.8. The van der Waals surface area contributed by atoms with Gasteiger partial charge in [-0.25, -0.2) is 5.43 Å². The highest BCUT2D eigenvalue weighted by Crippen LogP contribution is 2.10. The van der Waals surface area contributed by atoms with Crippen LogP contribution in [0.5, 0.6) is 0 Å². The molecule has 0 aliphatic rings. The quantitative estimate of drug-likeness (QED) is 0.327. The zero-order valence-electron chi connectivity index (χ0n) is 17.1. The molecule has 0 bridgehead atoms. The average Bonchev–Trinajstić information content (AvgIpc) is 3.26. The highest BCUT2D eigenvalue weighted by atomic mass is 16.3. The maximum Gasteiger partial charge on any atom is 0.257 e. The standard InChI is InChI=1S/C22H30N4O3/c1-3-26(4-2)20(22(28)25-24-17-19-13-10-16-29-19)14-8-9-15-23-21(27)18-11-6-5-7-12-18/h5-7,10-13,16-17,20H,3-4,8-9,14-15H2,1-2H3,(H,23,27)(H,25,28). The van der Waals surface area contributed by atoms with Gasteiger partial charge in [-0.1, -0.05) is 32.0 Å². The first-order chi connectivity index (χ1) is 14.2. The number of hydrogen-bond acceptors (Lipinski definition) is 5. The molecule has 1 heterocycles. The largest absolute Gasteiger partial charge is 0.463 e. The molecule has 156 valence electrons. The molecular formula is C22H30N4O3. The van der Waals surface area contributed by atoms with Crippen LogP contribution in [0.1, 0.15) is 49.2 Å². The van der Waals surface area contributed by atoms with Crippen molar-refractivity contribution in [2.75, 3.05) is 19.6 Å². The SMILES string of the molecule is CCN(CC)C(CCCCNC(=O)c1ccccc1)C(=O)NN=Cc1ccco1. The number of hydrogen-bond donors (Lipinski definition) is 2. The number of furan rings is 1. The summed E-state index contributed by atoms with van der Waals surface area (Å²) in [5, 5.41) is 6.91. The lowest BCUT2D eigenvalue weighted by Crippen LogP contribution is -2.45. The lowest BCUT2D eigenvalue weighted by atomic mass is 10.1. The molecule has 7 nitrogen and oxygen atoms in total. The molecule has 2 aromatic rings. The first-order valence-corrected chi connectivity index (χ1v) is 10.1. The zero-order chi connectivity index (χ0) is 20.9. The molecule has 7 heteroatoms. The van der Waals surface area contributed by atoms with E-state index in [4.69, 9.17) is 4.42 Å². The Balaban J connectivity index is 1.78. The van der Waals surface area contributed by atoms with Gasteiger partial charge in [-0.2, -0.15) is 5.10 Å². The van der Waals surface area contributed by atoms with Gasteiger partial charge in [0.1, 0.15) is 5.76 Å². The Bertz CT molecular complexity index is 756. The second-order valence-corrected chi connectivity index (χ2v) is 6.60. The molecule has 2 amide bonds. The topological polar surface area (TPSA) is 86.9 Å². The predicted molar refractivity (Wildman–Crippen MR) is 114 cm³/mol. The predicted octanol–water partition coefficient (Wildman–Crippen LogP) is 3.04. The molecule has 0 aliphatic carbocycles. The monoisotopic (exact) mass is 398 g/mol. The van der Waals surface area contributed by atoms with Crippen molar-refractivity contribution >= 4 is 18.0 Å². The van der Waals surface area contributed by atoms with Crippen LogP contribution in [0.3, 0.4) is 0 Å². The Morgan fingerprint density at radius 2 is 1.86 bits per heavy atom. The Morgan fingerprint density at radius 3 is 2.52 bits per heavy atom. The van der Waals surface area contributed by atoms with E-state index in [0.29, 0.717) is 24.3 Å². The summed E-state index contributed by atoms with van der Waals surface area (Å²) in [5.41, 5.74) is 3.26. The van der Waals surface area contributed by atoms with Crippen LogP contribution >= 0.6 is 0 Å². The summed E-state index contributed by atoms with van der Waals surface area (Å²) in [6.45, 7) is 6.21. The Morgan fingerprint density at radius 1 is 1.10 bits per heavy atom. The molecule has 1 aromatic heterocycles.